The number of halogens is 1. The Morgan fingerprint density at radius 2 is 1.93 bits per heavy atom. The van der Waals surface area contributed by atoms with E-state index in [9.17, 15) is 13.2 Å². The van der Waals surface area contributed by atoms with Crippen molar-refractivity contribution < 1.29 is 13.2 Å². The van der Waals surface area contributed by atoms with Crippen LogP contribution in [0.2, 0.25) is 5.02 Å². The zero-order chi connectivity index (χ0) is 19.6. The summed E-state index contributed by atoms with van der Waals surface area (Å²) in [5.74, 6) is -0.380. The molecule has 2 aromatic carbocycles. The van der Waals surface area contributed by atoms with E-state index in [0.29, 0.717) is 21.8 Å². The molecule has 140 valence electrons. The quantitative estimate of drug-likeness (QED) is 0.681. The van der Waals surface area contributed by atoms with Crippen LogP contribution in [0, 0.1) is 6.92 Å². The van der Waals surface area contributed by atoms with Crippen molar-refractivity contribution in [3.8, 4) is 0 Å². The molecule has 0 aliphatic heterocycles. The van der Waals surface area contributed by atoms with Gasteiger partial charge in [0.2, 0.25) is 0 Å². The van der Waals surface area contributed by atoms with Crippen molar-refractivity contribution in [1.29, 1.82) is 0 Å². The molecular weight excluding hydrogens is 388 g/mol. The van der Waals surface area contributed by atoms with Crippen molar-refractivity contribution in [2.45, 2.75) is 11.8 Å². The molecule has 3 rings (SSSR count). The highest BCUT2D eigenvalue weighted by Crippen LogP contribution is 2.27. The van der Waals surface area contributed by atoms with Gasteiger partial charge in [0.05, 0.1) is 27.4 Å². The number of nitrogens with zero attached hydrogens (tertiary/aromatic N) is 2. The Balaban J connectivity index is 1.88. The fourth-order valence-electron chi connectivity index (χ4n) is 2.45. The van der Waals surface area contributed by atoms with Crippen molar-refractivity contribution in [3.05, 3.63) is 71.0 Å². The number of nitrogens with one attached hydrogen (secondary N) is 2. The summed E-state index contributed by atoms with van der Waals surface area (Å²) in [5.41, 5.74) is 1.54. The lowest BCUT2D eigenvalue weighted by molar-refractivity contribution is 0.102. The fourth-order valence-corrected chi connectivity index (χ4v) is 4.04. The molecule has 1 aromatic heterocycles. The summed E-state index contributed by atoms with van der Waals surface area (Å²) in [7, 11) is -2.19. The number of aromatic nitrogens is 2. The number of aryl methyl sites for hydroxylation is 2. The maximum Gasteiger partial charge on any atom is 0.262 e. The molecule has 0 aliphatic rings. The van der Waals surface area contributed by atoms with Crippen molar-refractivity contribution in [2.24, 2.45) is 7.05 Å². The highest BCUT2D eigenvalue weighted by molar-refractivity contribution is 7.92. The third-order valence-electron chi connectivity index (χ3n) is 3.82. The Morgan fingerprint density at radius 3 is 2.59 bits per heavy atom. The number of anilines is 2. The maximum atomic E-state index is 12.8. The van der Waals surface area contributed by atoms with Gasteiger partial charge in [-0.15, -0.1) is 0 Å². The molecule has 9 heteroatoms. The third-order valence-corrected chi connectivity index (χ3v) is 5.66. The van der Waals surface area contributed by atoms with Crippen LogP contribution in [0.5, 0.6) is 0 Å². The Kier molecular flexibility index (Phi) is 5.20. The SMILES string of the molecule is Cc1ccc(NC(=O)c2cnn(C)c2)cc1S(=O)(=O)Nc1ccccc1Cl. The summed E-state index contributed by atoms with van der Waals surface area (Å²) in [6, 6.07) is 11.2. The molecule has 0 unspecified atom stereocenters. The maximum absolute atomic E-state index is 12.8. The molecule has 0 spiro atoms. The molecule has 1 amide bonds. The topological polar surface area (TPSA) is 93.1 Å². The summed E-state index contributed by atoms with van der Waals surface area (Å²) < 4.78 is 29.6. The van der Waals surface area contributed by atoms with Crippen LogP contribution in [0.15, 0.2) is 59.8 Å². The van der Waals surface area contributed by atoms with Crippen LogP contribution in [0.4, 0.5) is 11.4 Å². The first-order valence-electron chi connectivity index (χ1n) is 7.94. The fraction of sp³-hybridized carbons (Fsp3) is 0.111. The first-order chi connectivity index (χ1) is 12.8. The molecule has 0 aliphatic carbocycles. The summed E-state index contributed by atoms with van der Waals surface area (Å²) in [6.45, 7) is 1.67. The zero-order valence-electron chi connectivity index (χ0n) is 14.6. The number of amides is 1. The van der Waals surface area contributed by atoms with Gasteiger partial charge in [0.25, 0.3) is 15.9 Å². The van der Waals surface area contributed by atoms with Gasteiger partial charge < -0.3 is 5.32 Å². The summed E-state index contributed by atoms with van der Waals surface area (Å²) in [5, 5.41) is 6.91. The third kappa shape index (κ3) is 4.29. The molecule has 3 aromatic rings. The van der Waals surface area contributed by atoms with E-state index in [1.54, 1.807) is 56.6 Å². The number of hydrogen-bond acceptors (Lipinski definition) is 4. The van der Waals surface area contributed by atoms with Gasteiger partial charge in [0, 0.05) is 18.9 Å². The van der Waals surface area contributed by atoms with Gasteiger partial charge in [-0.25, -0.2) is 8.42 Å². The molecule has 2 N–H and O–H groups in total. The highest BCUT2D eigenvalue weighted by atomic mass is 35.5. The van der Waals surface area contributed by atoms with Crippen molar-refractivity contribution in [1.82, 2.24) is 9.78 Å². The standard InChI is InChI=1S/C18H17ClN4O3S/c1-12-7-8-14(21-18(24)13-10-20-23(2)11-13)9-17(12)27(25,26)22-16-6-4-3-5-15(16)19/h3-11,22H,1-2H3,(H,21,24). The number of carbonyl (C=O) groups excluding carboxylic acids is 1. The predicted molar refractivity (Wildman–Crippen MR) is 105 cm³/mol. The van der Waals surface area contributed by atoms with Gasteiger partial charge in [0.1, 0.15) is 0 Å². The van der Waals surface area contributed by atoms with E-state index in [2.05, 4.69) is 15.1 Å². The van der Waals surface area contributed by atoms with Gasteiger partial charge in [-0.3, -0.25) is 14.2 Å². The van der Waals surface area contributed by atoms with E-state index in [-0.39, 0.29) is 16.5 Å². The Morgan fingerprint density at radius 1 is 1.19 bits per heavy atom. The molecule has 0 radical (unpaired) electrons. The average Bonchev–Trinajstić information content (AvgIpc) is 3.05. The van der Waals surface area contributed by atoms with Crippen LogP contribution < -0.4 is 10.0 Å². The Labute approximate surface area is 162 Å². The zero-order valence-corrected chi connectivity index (χ0v) is 16.2. The van der Waals surface area contributed by atoms with Gasteiger partial charge in [-0.2, -0.15) is 5.10 Å². The van der Waals surface area contributed by atoms with Crippen LogP contribution in [-0.4, -0.2) is 24.1 Å². The van der Waals surface area contributed by atoms with Crippen LogP contribution in [0.3, 0.4) is 0 Å². The summed E-state index contributed by atoms with van der Waals surface area (Å²) >= 11 is 6.04. The van der Waals surface area contributed by atoms with E-state index in [0.717, 1.165) is 0 Å². The van der Waals surface area contributed by atoms with Crippen LogP contribution in [0.1, 0.15) is 15.9 Å². The second-order valence-electron chi connectivity index (χ2n) is 5.92. The van der Waals surface area contributed by atoms with Crippen LogP contribution >= 0.6 is 11.6 Å². The predicted octanol–water partition coefficient (Wildman–Crippen LogP) is 3.44. The van der Waals surface area contributed by atoms with Gasteiger partial charge >= 0.3 is 0 Å². The normalized spacial score (nSPS) is 11.2. The second kappa shape index (κ2) is 7.42. The lowest BCUT2D eigenvalue weighted by Crippen LogP contribution is -2.16. The van der Waals surface area contributed by atoms with Gasteiger partial charge in [0.15, 0.2) is 0 Å². The molecule has 0 fully saturated rings. The lowest BCUT2D eigenvalue weighted by Gasteiger charge is -2.13. The Hall–Kier alpha value is -2.84. The summed E-state index contributed by atoms with van der Waals surface area (Å²) in [4.78, 5) is 12.3. The summed E-state index contributed by atoms with van der Waals surface area (Å²) in [6.07, 6.45) is 3.00. The van der Waals surface area contributed by atoms with Crippen molar-refractivity contribution in [2.75, 3.05) is 10.0 Å². The lowest BCUT2D eigenvalue weighted by atomic mass is 10.2. The Bertz CT molecular complexity index is 1110. The van der Waals surface area contributed by atoms with Crippen molar-refractivity contribution >= 4 is 38.9 Å². The van der Waals surface area contributed by atoms with E-state index >= 15 is 0 Å². The van der Waals surface area contributed by atoms with E-state index < -0.39 is 10.0 Å². The van der Waals surface area contributed by atoms with E-state index in [1.807, 2.05) is 0 Å². The first kappa shape index (κ1) is 18.9. The number of sulfonamides is 1. The largest absolute Gasteiger partial charge is 0.322 e. The second-order valence-corrected chi connectivity index (χ2v) is 7.98. The molecule has 7 nitrogen and oxygen atoms in total. The van der Waals surface area contributed by atoms with E-state index in [4.69, 9.17) is 11.6 Å². The molecule has 0 bridgehead atoms. The molecule has 1 heterocycles. The average molecular weight is 405 g/mol. The number of benzene rings is 2. The highest BCUT2D eigenvalue weighted by Gasteiger charge is 2.19. The minimum Gasteiger partial charge on any atom is -0.322 e. The molecular formula is C18H17ClN4O3S. The molecule has 27 heavy (non-hydrogen) atoms. The molecule has 0 saturated carbocycles. The number of rotatable bonds is 5. The van der Waals surface area contributed by atoms with Crippen LogP contribution in [0.25, 0.3) is 0 Å². The molecule has 0 atom stereocenters. The van der Waals surface area contributed by atoms with Crippen LogP contribution in [-0.2, 0) is 17.1 Å². The smallest absolute Gasteiger partial charge is 0.262 e. The number of carbonyl (C=O) groups is 1. The van der Waals surface area contributed by atoms with Gasteiger partial charge in [-0.1, -0.05) is 29.8 Å². The number of para-hydroxylation sites is 1. The number of hydrogen-bond donors (Lipinski definition) is 2. The minimum atomic E-state index is -3.89. The van der Waals surface area contributed by atoms with Crippen molar-refractivity contribution in [3.63, 3.8) is 0 Å². The minimum absolute atomic E-state index is 0.0476. The van der Waals surface area contributed by atoms with E-state index in [1.165, 1.54) is 16.9 Å². The molecule has 0 saturated heterocycles. The monoisotopic (exact) mass is 404 g/mol. The van der Waals surface area contributed by atoms with Gasteiger partial charge in [-0.05, 0) is 36.8 Å². The first-order valence-corrected chi connectivity index (χ1v) is 9.80.